The van der Waals surface area contributed by atoms with Crippen molar-refractivity contribution in [3.05, 3.63) is 23.8 Å². The van der Waals surface area contributed by atoms with E-state index in [1.807, 2.05) is 6.07 Å². The molecule has 114 valence electrons. The third kappa shape index (κ3) is 5.09. The minimum atomic E-state index is -0.259. The topological polar surface area (TPSA) is 88.1 Å². The molecule has 1 amide bonds. The molecule has 0 aliphatic rings. The molecule has 0 aromatic heterocycles. The normalized spacial score (nSPS) is 12.4. The SMILES string of the molecule is COc1cc(C#N)ccc1NC(=O)C(CN)CC(C)(C)C. The molecule has 0 aliphatic heterocycles. The Bertz CT molecular complexity index is 541. The van der Waals surface area contributed by atoms with E-state index >= 15 is 0 Å². The second-order valence-electron chi connectivity index (χ2n) is 6.21. The molecule has 0 saturated carbocycles. The van der Waals surface area contributed by atoms with Crippen molar-refractivity contribution in [1.82, 2.24) is 0 Å². The largest absolute Gasteiger partial charge is 0.495 e. The first-order valence-electron chi connectivity index (χ1n) is 6.90. The number of rotatable bonds is 5. The Morgan fingerprint density at radius 1 is 1.48 bits per heavy atom. The lowest BCUT2D eigenvalue weighted by molar-refractivity contribution is -0.120. The number of anilines is 1. The fourth-order valence-electron chi connectivity index (χ4n) is 2.12. The Kier molecular flexibility index (Phi) is 5.74. The van der Waals surface area contributed by atoms with Gasteiger partial charge in [0.15, 0.2) is 0 Å². The summed E-state index contributed by atoms with van der Waals surface area (Å²) in [6.07, 6.45) is 0.702. The number of nitrogens with two attached hydrogens (primary N) is 1. The summed E-state index contributed by atoms with van der Waals surface area (Å²) in [5.74, 6) is 0.0784. The van der Waals surface area contributed by atoms with Crippen molar-refractivity contribution in [2.75, 3.05) is 19.0 Å². The lowest BCUT2D eigenvalue weighted by Gasteiger charge is -2.24. The molecule has 3 N–H and O–H groups in total. The number of carbonyl (C=O) groups excluding carboxylic acids is 1. The molecule has 0 radical (unpaired) electrons. The van der Waals surface area contributed by atoms with Crippen LogP contribution < -0.4 is 15.8 Å². The van der Waals surface area contributed by atoms with Crippen LogP contribution in [0.1, 0.15) is 32.8 Å². The molecule has 1 aromatic carbocycles. The fourth-order valence-corrected chi connectivity index (χ4v) is 2.12. The number of nitrogens with zero attached hydrogens (tertiary/aromatic N) is 1. The van der Waals surface area contributed by atoms with Crippen LogP contribution in [0.25, 0.3) is 0 Å². The second-order valence-corrected chi connectivity index (χ2v) is 6.21. The lowest BCUT2D eigenvalue weighted by Crippen LogP contribution is -2.32. The smallest absolute Gasteiger partial charge is 0.228 e. The van der Waals surface area contributed by atoms with E-state index < -0.39 is 0 Å². The van der Waals surface area contributed by atoms with Crippen molar-refractivity contribution in [3.8, 4) is 11.8 Å². The zero-order chi connectivity index (χ0) is 16.0. The summed E-state index contributed by atoms with van der Waals surface area (Å²) >= 11 is 0. The minimum Gasteiger partial charge on any atom is -0.495 e. The zero-order valence-corrected chi connectivity index (χ0v) is 13.1. The van der Waals surface area contributed by atoms with E-state index in [-0.39, 0.29) is 17.2 Å². The highest BCUT2D eigenvalue weighted by Gasteiger charge is 2.24. The minimum absolute atomic E-state index is 0.0239. The molecule has 1 unspecified atom stereocenters. The molecule has 0 spiro atoms. The van der Waals surface area contributed by atoms with Gasteiger partial charge in [-0.1, -0.05) is 20.8 Å². The van der Waals surface area contributed by atoms with Crippen molar-refractivity contribution in [2.45, 2.75) is 27.2 Å². The predicted octanol–water partition coefficient (Wildman–Crippen LogP) is 2.52. The second kappa shape index (κ2) is 7.09. The zero-order valence-electron chi connectivity index (χ0n) is 13.1. The van der Waals surface area contributed by atoms with Crippen molar-refractivity contribution in [1.29, 1.82) is 5.26 Å². The molecule has 0 aliphatic carbocycles. The van der Waals surface area contributed by atoms with E-state index in [9.17, 15) is 4.79 Å². The predicted molar refractivity (Wildman–Crippen MR) is 83.0 cm³/mol. The maximum atomic E-state index is 12.3. The van der Waals surface area contributed by atoms with Gasteiger partial charge >= 0.3 is 0 Å². The molecule has 1 atom stereocenters. The third-order valence-corrected chi connectivity index (χ3v) is 3.10. The number of carbonyl (C=O) groups is 1. The summed E-state index contributed by atoms with van der Waals surface area (Å²) in [7, 11) is 1.50. The van der Waals surface area contributed by atoms with Gasteiger partial charge in [-0.25, -0.2) is 0 Å². The highest BCUT2D eigenvalue weighted by molar-refractivity contribution is 5.94. The summed E-state index contributed by atoms with van der Waals surface area (Å²) in [6.45, 7) is 6.52. The molecule has 1 aromatic rings. The van der Waals surface area contributed by atoms with Gasteiger partial charge in [-0.2, -0.15) is 5.26 Å². The summed E-state index contributed by atoms with van der Waals surface area (Å²) in [4.78, 5) is 12.3. The Hall–Kier alpha value is -2.06. The Balaban J connectivity index is 2.89. The Morgan fingerprint density at radius 2 is 2.14 bits per heavy atom. The average Bonchev–Trinajstić information content (AvgIpc) is 2.44. The van der Waals surface area contributed by atoms with Crippen LogP contribution in [-0.2, 0) is 4.79 Å². The first-order valence-corrected chi connectivity index (χ1v) is 6.90. The summed E-state index contributed by atoms with van der Waals surface area (Å²) in [6, 6.07) is 6.93. The Labute approximate surface area is 126 Å². The molecule has 0 heterocycles. The maximum Gasteiger partial charge on any atom is 0.228 e. The molecule has 0 bridgehead atoms. The molecular weight excluding hydrogens is 266 g/mol. The van der Waals surface area contributed by atoms with Gasteiger partial charge in [0.05, 0.1) is 30.3 Å². The van der Waals surface area contributed by atoms with E-state index in [2.05, 4.69) is 26.1 Å². The summed E-state index contributed by atoms with van der Waals surface area (Å²) < 4.78 is 5.21. The monoisotopic (exact) mass is 289 g/mol. The van der Waals surface area contributed by atoms with Crippen LogP contribution in [0.5, 0.6) is 5.75 Å². The van der Waals surface area contributed by atoms with Gasteiger partial charge in [0.1, 0.15) is 5.75 Å². The van der Waals surface area contributed by atoms with Crippen LogP contribution in [0.2, 0.25) is 0 Å². The van der Waals surface area contributed by atoms with E-state index in [1.54, 1.807) is 18.2 Å². The molecular formula is C16H23N3O2. The number of hydrogen-bond donors (Lipinski definition) is 2. The fraction of sp³-hybridized carbons (Fsp3) is 0.500. The van der Waals surface area contributed by atoms with Gasteiger partial charge in [0.25, 0.3) is 0 Å². The van der Waals surface area contributed by atoms with E-state index in [0.29, 0.717) is 30.0 Å². The number of nitrogens with one attached hydrogen (secondary N) is 1. The number of benzene rings is 1. The van der Waals surface area contributed by atoms with Gasteiger partial charge in [-0.15, -0.1) is 0 Å². The molecule has 5 nitrogen and oxygen atoms in total. The standard InChI is InChI=1S/C16H23N3O2/c1-16(2,3)8-12(10-18)15(20)19-13-6-5-11(9-17)7-14(13)21-4/h5-7,12H,8,10,18H2,1-4H3,(H,19,20). The van der Waals surface area contributed by atoms with Crippen LogP contribution in [0.3, 0.4) is 0 Å². The number of methoxy groups -OCH3 is 1. The number of hydrogen-bond acceptors (Lipinski definition) is 4. The van der Waals surface area contributed by atoms with Gasteiger partial charge in [-0.05, 0) is 24.0 Å². The van der Waals surface area contributed by atoms with Gasteiger partial charge in [0, 0.05) is 12.6 Å². The van der Waals surface area contributed by atoms with Gasteiger partial charge in [0.2, 0.25) is 5.91 Å². The first kappa shape index (κ1) is 17.0. The van der Waals surface area contributed by atoms with Crippen molar-refractivity contribution >= 4 is 11.6 Å². The van der Waals surface area contributed by atoms with Gasteiger partial charge < -0.3 is 15.8 Å². The quantitative estimate of drug-likeness (QED) is 0.871. The molecule has 0 fully saturated rings. The van der Waals surface area contributed by atoms with Crippen LogP contribution in [0.4, 0.5) is 5.69 Å². The van der Waals surface area contributed by atoms with Crippen LogP contribution in [0, 0.1) is 22.7 Å². The highest BCUT2D eigenvalue weighted by Crippen LogP contribution is 2.28. The molecule has 1 rings (SSSR count). The molecule has 0 saturated heterocycles. The van der Waals surface area contributed by atoms with Crippen LogP contribution >= 0.6 is 0 Å². The Morgan fingerprint density at radius 3 is 2.62 bits per heavy atom. The van der Waals surface area contributed by atoms with Crippen molar-refractivity contribution in [2.24, 2.45) is 17.1 Å². The number of ether oxygens (including phenoxy) is 1. The molecule has 5 heteroatoms. The lowest BCUT2D eigenvalue weighted by atomic mass is 9.84. The van der Waals surface area contributed by atoms with Crippen molar-refractivity contribution < 1.29 is 9.53 Å². The van der Waals surface area contributed by atoms with Crippen LogP contribution in [-0.4, -0.2) is 19.6 Å². The van der Waals surface area contributed by atoms with Crippen molar-refractivity contribution in [3.63, 3.8) is 0 Å². The summed E-state index contributed by atoms with van der Waals surface area (Å²) in [5.41, 5.74) is 6.77. The number of nitriles is 1. The average molecular weight is 289 g/mol. The summed E-state index contributed by atoms with van der Waals surface area (Å²) in [5, 5.41) is 11.7. The van der Waals surface area contributed by atoms with Crippen LogP contribution in [0.15, 0.2) is 18.2 Å². The van der Waals surface area contributed by atoms with E-state index in [1.165, 1.54) is 7.11 Å². The van der Waals surface area contributed by atoms with E-state index in [4.69, 9.17) is 15.7 Å². The third-order valence-electron chi connectivity index (χ3n) is 3.10. The highest BCUT2D eigenvalue weighted by atomic mass is 16.5. The maximum absolute atomic E-state index is 12.3. The van der Waals surface area contributed by atoms with Gasteiger partial charge in [-0.3, -0.25) is 4.79 Å². The number of amides is 1. The van der Waals surface area contributed by atoms with E-state index in [0.717, 1.165) is 0 Å². The molecule has 21 heavy (non-hydrogen) atoms. The first-order chi connectivity index (χ1) is 9.80.